The van der Waals surface area contributed by atoms with Gasteiger partial charge in [0.1, 0.15) is 24.1 Å². The van der Waals surface area contributed by atoms with E-state index in [4.69, 9.17) is 15.7 Å². The van der Waals surface area contributed by atoms with E-state index in [9.17, 15) is 0 Å². The highest BCUT2D eigenvalue weighted by Gasteiger charge is 1.99. The average Bonchev–Trinajstić information content (AvgIpc) is 2.79. The van der Waals surface area contributed by atoms with Crippen LogP contribution in [0.15, 0.2) is 42.6 Å². The molecule has 0 fully saturated rings. The highest BCUT2D eigenvalue weighted by atomic mass is 16.5. The fraction of sp³-hybridized carbons (Fsp3) is 0.154. The Balaban J connectivity index is 1.88. The fourth-order valence-electron chi connectivity index (χ4n) is 1.54. The largest absolute Gasteiger partial charge is 0.492 e. The Labute approximate surface area is 99.8 Å². The van der Waals surface area contributed by atoms with Gasteiger partial charge in [-0.25, -0.2) is 0 Å². The Bertz CT molecular complexity index is 522. The van der Waals surface area contributed by atoms with Gasteiger partial charge >= 0.3 is 0 Å². The van der Waals surface area contributed by atoms with Gasteiger partial charge in [0.25, 0.3) is 0 Å². The van der Waals surface area contributed by atoms with Crippen LogP contribution >= 0.6 is 0 Å². The zero-order chi connectivity index (χ0) is 12.1. The third kappa shape index (κ3) is 2.79. The first kappa shape index (κ1) is 11.1. The lowest BCUT2D eigenvalue weighted by atomic mass is 10.3. The third-order valence-corrected chi connectivity index (χ3v) is 2.43. The molecule has 0 spiro atoms. The Morgan fingerprint density at radius 2 is 2.00 bits per heavy atom. The van der Waals surface area contributed by atoms with Crippen LogP contribution in [0.1, 0.15) is 5.69 Å². The van der Waals surface area contributed by atoms with E-state index in [0.29, 0.717) is 18.8 Å². The molecule has 0 aliphatic heterocycles. The maximum atomic E-state index is 8.83. The van der Waals surface area contributed by atoms with E-state index in [1.807, 2.05) is 29.0 Å². The summed E-state index contributed by atoms with van der Waals surface area (Å²) >= 11 is 0. The molecule has 17 heavy (non-hydrogen) atoms. The third-order valence-electron chi connectivity index (χ3n) is 2.43. The van der Waals surface area contributed by atoms with Crippen molar-refractivity contribution in [3.63, 3.8) is 0 Å². The van der Waals surface area contributed by atoms with Crippen LogP contribution in [0.2, 0.25) is 0 Å². The summed E-state index contributed by atoms with van der Waals surface area (Å²) in [5.41, 5.74) is 6.94. The zero-order valence-electron chi connectivity index (χ0n) is 9.34. The second-order valence-corrected chi connectivity index (χ2v) is 3.62. The lowest BCUT2D eigenvalue weighted by molar-refractivity contribution is 0.298. The van der Waals surface area contributed by atoms with Gasteiger partial charge in [0.05, 0.1) is 6.54 Å². The number of nitriles is 1. The molecule has 0 unspecified atom stereocenters. The van der Waals surface area contributed by atoms with Gasteiger partial charge in [-0.15, -0.1) is 0 Å². The van der Waals surface area contributed by atoms with Crippen molar-refractivity contribution in [2.24, 2.45) is 0 Å². The summed E-state index contributed by atoms with van der Waals surface area (Å²) in [6.07, 6.45) is 1.87. The summed E-state index contributed by atoms with van der Waals surface area (Å²) in [7, 11) is 0. The van der Waals surface area contributed by atoms with Crippen LogP contribution in [0.4, 0.5) is 5.69 Å². The average molecular weight is 227 g/mol. The predicted octanol–water partition coefficient (Wildman–Crippen LogP) is 2.02. The molecule has 1 aromatic carbocycles. The highest BCUT2D eigenvalue weighted by Crippen LogP contribution is 2.13. The number of hydrogen-bond acceptors (Lipinski definition) is 3. The SMILES string of the molecule is N#Cc1cccn1CCOc1ccc(N)cc1. The van der Waals surface area contributed by atoms with Gasteiger partial charge in [0, 0.05) is 11.9 Å². The number of anilines is 1. The van der Waals surface area contributed by atoms with Crippen molar-refractivity contribution < 1.29 is 4.74 Å². The van der Waals surface area contributed by atoms with E-state index < -0.39 is 0 Å². The molecule has 0 aliphatic rings. The van der Waals surface area contributed by atoms with Crippen molar-refractivity contribution >= 4 is 5.69 Å². The first-order chi connectivity index (χ1) is 8.29. The number of benzene rings is 1. The number of aromatic nitrogens is 1. The van der Waals surface area contributed by atoms with Crippen molar-refractivity contribution in [2.75, 3.05) is 12.3 Å². The molecule has 0 atom stereocenters. The second-order valence-electron chi connectivity index (χ2n) is 3.62. The van der Waals surface area contributed by atoms with Crippen LogP contribution in [-0.2, 0) is 6.54 Å². The van der Waals surface area contributed by atoms with Crippen LogP contribution < -0.4 is 10.5 Å². The molecule has 0 radical (unpaired) electrons. The molecule has 1 heterocycles. The van der Waals surface area contributed by atoms with Crippen LogP contribution in [-0.4, -0.2) is 11.2 Å². The molecule has 0 saturated carbocycles. The lowest BCUT2D eigenvalue weighted by Gasteiger charge is -2.08. The van der Waals surface area contributed by atoms with Crippen molar-refractivity contribution in [1.29, 1.82) is 5.26 Å². The highest BCUT2D eigenvalue weighted by molar-refractivity contribution is 5.41. The number of nitrogen functional groups attached to an aromatic ring is 1. The molecule has 4 heteroatoms. The quantitative estimate of drug-likeness (QED) is 0.813. The summed E-state index contributed by atoms with van der Waals surface area (Å²) in [5, 5.41) is 8.83. The maximum Gasteiger partial charge on any atom is 0.120 e. The number of rotatable bonds is 4. The lowest BCUT2D eigenvalue weighted by Crippen LogP contribution is -2.08. The summed E-state index contributed by atoms with van der Waals surface area (Å²) in [6.45, 7) is 1.17. The zero-order valence-corrected chi connectivity index (χ0v) is 9.34. The summed E-state index contributed by atoms with van der Waals surface area (Å²) in [6, 6.07) is 13.0. The summed E-state index contributed by atoms with van der Waals surface area (Å²) < 4.78 is 7.41. The molecular formula is C13H13N3O. The molecule has 4 nitrogen and oxygen atoms in total. The molecular weight excluding hydrogens is 214 g/mol. The van der Waals surface area contributed by atoms with E-state index in [2.05, 4.69) is 6.07 Å². The Kier molecular flexibility index (Phi) is 3.31. The number of nitrogens with zero attached hydrogens (tertiary/aromatic N) is 2. The van der Waals surface area contributed by atoms with Gasteiger partial charge in [0.15, 0.2) is 0 Å². The van der Waals surface area contributed by atoms with E-state index in [-0.39, 0.29) is 0 Å². The van der Waals surface area contributed by atoms with Gasteiger partial charge in [-0.3, -0.25) is 0 Å². The topological polar surface area (TPSA) is 64.0 Å². The van der Waals surface area contributed by atoms with Crippen molar-refractivity contribution in [1.82, 2.24) is 4.57 Å². The monoisotopic (exact) mass is 227 g/mol. The number of hydrogen-bond donors (Lipinski definition) is 1. The predicted molar refractivity (Wildman–Crippen MR) is 65.5 cm³/mol. The smallest absolute Gasteiger partial charge is 0.120 e. The second kappa shape index (κ2) is 5.08. The van der Waals surface area contributed by atoms with Gasteiger partial charge in [0.2, 0.25) is 0 Å². The van der Waals surface area contributed by atoms with Crippen LogP contribution in [0.5, 0.6) is 5.75 Å². The molecule has 1 aromatic heterocycles. The number of nitrogens with two attached hydrogens (primary N) is 1. The molecule has 0 amide bonds. The molecule has 0 bridgehead atoms. The van der Waals surface area contributed by atoms with E-state index >= 15 is 0 Å². The molecule has 2 aromatic rings. The maximum absolute atomic E-state index is 8.83. The minimum absolute atomic E-state index is 0.521. The standard InChI is InChI=1S/C13H13N3O/c14-10-12-2-1-7-16(12)8-9-17-13-5-3-11(15)4-6-13/h1-7H,8-9,15H2. The fourth-order valence-corrected chi connectivity index (χ4v) is 1.54. The summed E-state index contributed by atoms with van der Waals surface area (Å²) in [4.78, 5) is 0. The molecule has 2 rings (SSSR count). The van der Waals surface area contributed by atoms with Crippen LogP contribution in [0.25, 0.3) is 0 Å². The van der Waals surface area contributed by atoms with Crippen molar-refractivity contribution in [3.05, 3.63) is 48.3 Å². The Morgan fingerprint density at radius 1 is 1.24 bits per heavy atom. The van der Waals surface area contributed by atoms with Gasteiger partial charge < -0.3 is 15.0 Å². The normalized spacial score (nSPS) is 9.82. The minimum atomic E-state index is 0.521. The first-order valence-electron chi connectivity index (χ1n) is 5.33. The van der Waals surface area contributed by atoms with E-state index in [0.717, 1.165) is 11.4 Å². The van der Waals surface area contributed by atoms with Gasteiger partial charge in [-0.2, -0.15) is 5.26 Å². The first-order valence-corrected chi connectivity index (χ1v) is 5.33. The van der Waals surface area contributed by atoms with Crippen LogP contribution in [0.3, 0.4) is 0 Å². The van der Waals surface area contributed by atoms with Gasteiger partial charge in [-0.05, 0) is 36.4 Å². The van der Waals surface area contributed by atoms with Crippen molar-refractivity contribution in [3.8, 4) is 11.8 Å². The van der Waals surface area contributed by atoms with E-state index in [1.165, 1.54) is 0 Å². The van der Waals surface area contributed by atoms with Crippen LogP contribution in [0, 0.1) is 11.3 Å². The minimum Gasteiger partial charge on any atom is -0.492 e. The molecule has 0 saturated heterocycles. The molecule has 0 aliphatic carbocycles. The van der Waals surface area contributed by atoms with Gasteiger partial charge in [-0.1, -0.05) is 0 Å². The number of ether oxygens (including phenoxy) is 1. The molecule has 86 valence electrons. The van der Waals surface area contributed by atoms with Crippen molar-refractivity contribution in [2.45, 2.75) is 6.54 Å². The Morgan fingerprint density at radius 3 is 2.71 bits per heavy atom. The Hall–Kier alpha value is -2.41. The van der Waals surface area contributed by atoms with E-state index in [1.54, 1.807) is 18.2 Å². The summed E-state index contributed by atoms with van der Waals surface area (Å²) in [5.74, 6) is 0.782. The molecule has 2 N–H and O–H groups in total.